The van der Waals surface area contributed by atoms with Gasteiger partial charge < -0.3 is 20.0 Å². The van der Waals surface area contributed by atoms with E-state index in [2.05, 4.69) is 15.3 Å². The second kappa shape index (κ2) is 4.92. The lowest BCUT2D eigenvalue weighted by molar-refractivity contribution is -0.389. The van der Waals surface area contributed by atoms with Crippen molar-refractivity contribution in [2.24, 2.45) is 0 Å². The topological polar surface area (TPSA) is 103 Å². The van der Waals surface area contributed by atoms with Gasteiger partial charge in [-0.2, -0.15) is 0 Å². The van der Waals surface area contributed by atoms with E-state index in [9.17, 15) is 14.9 Å². The van der Waals surface area contributed by atoms with E-state index in [1.54, 1.807) is 0 Å². The van der Waals surface area contributed by atoms with E-state index in [4.69, 9.17) is 0 Å². The summed E-state index contributed by atoms with van der Waals surface area (Å²) in [6.45, 7) is 1.78. The molecule has 0 atom stereocenters. The van der Waals surface area contributed by atoms with Gasteiger partial charge in [0.2, 0.25) is 12.2 Å². The number of thiazole rings is 1. The average molecular weight is 267 g/mol. The van der Waals surface area contributed by atoms with E-state index in [-0.39, 0.29) is 18.3 Å². The minimum Gasteiger partial charge on any atom is -0.358 e. The fraction of sp³-hybridized carbons (Fsp3) is 0.222. The van der Waals surface area contributed by atoms with Crippen LogP contribution in [0.25, 0.3) is 0 Å². The zero-order valence-corrected chi connectivity index (χ0v) is 10.2. The minimum absolute atomic E-state index is 0.0422. The minimum atomic E-state index is -0.613. The van der Waals surface area contributed by atoms with Gasteiger partial charge in [0.05, 0.1) is 5.69 Å². The Bertz CT molecular complexity index is 591. The van der Waals surface area contributed by atoms with Crippen LogP contribution in [0.4, 0.5) is 10.9 Å². The summed E-state index contributed by atoms with van der Waals surface area (Å²) in [6.07, 6.45) is 2.44. The Kier molecular flexibility index (Phi) is 3.33. The van der Waals surface area contributed by atoms with Gasteiger partial charge in [-0.25, -0.2) is 4.98 Å². The molecule has 94 valence electrons. The van der Waals surface area contributed by atoms with Crippen molar-refractivity contribution in [3.8, 4) is 0 Å². The number of aromatic nitrogens is 3. The van der Waals surface area contributed by atoms with Crippen LogP contribution in [0.1, 0.15) is 5.69 Å². The first-order valence-corrected chi connectivity index (χ1v) is 5.80. The van der Waals surface area contributed by atoms with Crippen LogP contribution in [0.15, 0.2) is 17.9 Å². The smallest absolute Gasteiger partial charge is 0.358 e. The first kappa shape index (κ1) is 12.2. The molecule has 0 radical (unpaired) electrons. The van der Waals surface area contributed by atoms with Gasteiger partial charge in [0.15, 0.2) is 5.13 Å². The van der Waals surface area contributed by atoms with Crippen molar-refractivity contribution in [1.82, 2.24) is 14.5 Å². The van der Waals surface area contributed by atoms with Crippen LogP contribution < -0.4 is 5.32 Å². The molecule has 0 aliphatic carbocycles. The maximum Gasteiger partial charge on any atom is 0.381 e. The molecular formula is C9H9N5O3S. The van der Waals surface area contributed by atoms with E-state index in [1.165, 1.54) is 28.4 Å². The predicted octanol–water partition coefficient (Wildman–Crippen LogP) is 1.19. The van der Waals surface area contributed by atoms with Crippen LogP contribution in [0.2, 0.25) is 0 Å². The van der Waals surface area contributed by atoms with Gasteiger partial charge in [-0.3, -0.25) is 4.79 Å². The monoisotopic (exact) mass is 267 g/mol. The van der Waals surface area contributed by atoms with E-state index in [0.717, 1.165) is 5.69 Å². The molecule has 1 N–H and O–H groups in total. The van der Waals surface area contributed by atoms with E-state index in [1.807, 2.05) is 12.3 Å². The van der Waals surface area contributed by atoms with Crippen molar-refractivity contribution >= 4 is 28.2 Å². The number of carbonyl (C=O) groups is 1. The standard InChI is InChI=1S/C9H9N5O3S/c1-6-4-18-9(11-6)12-8(15)3-13-2-7(10-5-13)14(16)17/h2,4-5H,3H2,1H3,(H,11,12,15). The van der Waals surface area contributed by atoms with Crippen molar-refractivity contribution < 1.29 is 9.72 Å². The summed E-state index contributed by atoms with van der Waals surface area (Å²) in [5.74, 6) is -0.593. The molecule has 2 rings (SSSR count). The maximum atomic E-state index is 11.6. The normalized spacial score (nSPS) is 10.3. The van der Waals surface area contributed by atoms with Gasteiger partial charge in [-0.15, -0.1) is 11.3 Å². The quantitative estimate of drug-likeness (QED) is 0.662. The van der Waals surface area contributed by atoms with Crippen LogP contribution in [0, 0.1) is 17.0 Å². The number of amides is 1. The lowest BCUT2D eigenvalue weighted by Crippen LogP contribution is -2.17. The molecule has 9 heteroatoms. The molecule has 0 aromatic carbocycles. The highest BCUT2D eigenvalue weighted by molar-refractivity contribution is 7.13. The number of anilines is 1. The Morgan fingerprint density at radius 2 is 2.44 bits per heavy atom. The number of imidazole rings is 1. The van der Waals surface area contributed by atoms with Crippen LogP contribution in [0.5, 0.6) is 0 Å². The number of carbonyl (C=O) groups excluding carboxylic acids is 1. The van der Waals surface area contributed by atoms with E-state index < -0.39 is 4.92 Å². The number of nitro groups is 1. The third-order valence-corrected chi connectivity index (χ3v) is 2.87. The number of hydrogen-bond donors (Lipinski definition) is 1. The number of aryl methyl sites for hydroxylation is 1. The molecule has 0 bridgehead atoms. The second-order valence-corrected chi connectivity index (χ2v) is 4.36. The molecule has 2 aromatic rings. The Balaban J connectivity index is 1.96. The fourth-order valence-electron chi connectivity index (χ4n) is 1.27. The molecule has 2 aromatic heterocycles. The van der Waals surface area contributed by atoms with Crippen LogP contribution in [-0.4, -0.2) is 25.4 Å². The molecule has 0 aliphatic rings. The zero-order valence-electron chi connectivity index (χ0n) is 9.36. The van der Waals surface area contributed by atoms with Gasteiger partial charge >= 0.3 is 5.82 Å². The van der Waals surface area contributed by atoms with Crippen molar-refractivity contribution in [2.75, 3.05) is 5.32 Å². The lowest BCUT2D eigenvalue weighted by Gasteiger charge is -2.00. The summed E-state index contributed by atoms with van der Waals surface area (Å²) in [5, 5.41) is 15.3. The van der Waals surface area contributed by atoms with Crippen molar-refractivity contribution in [1.29, 1.82) is 0 Å². The lowest BCUT2D eigenvalue weighted by atomic mass is 10.5. The van der Waals surface area contributed by atoms with Gasteiger partial charge in [0, 0.05) is 5.38 Å². The third kappa shape index (κ3) is 2.88. The summed E-state index contributed by atoms with van der Waals surface area (Å²) >= 11 is 1.32. The number of nitrogens with zero attached hydrogens (tertiary/aromatic N) is 4. The Morgan fingerprint density at radius 3 is 3.00 bits per heavy atom. The van der Waals surface area contributed by atoms with Gasteiger partial charge in [0.25, 0.3) is 0 Å². The Morgan fingerprint density at radius 1 is 1.67 bits per heavy atom. The Labute approximate surface area is 105 Å². The largest absolute Gasteiger partial charge is 0.381 e. The van der Waals surface area contributed by atoms with Crippen molar-refractivity contribution in [3.63, 3.8) is 0 Å². The molecule has 2 heterocycles. The third-order valence-electron chi connectivity index (χ3n) is 2.00. The molecule has 18 heavy (non-hydrogen) atoms. The van der Waals surface area contributed by atoms with Gasteiger partial charge in [-0.1, -0.05) is 0 Å². The number of nitrogens with one attached hydrogen (secondary N) is 1. The second-order valence-electron chi connectivity index (χ2n) is 3.50. The number of rotatable bonds is 4. The molecule has 8 nitrogen and oxygen atoms in total. The molecule has 0 unspecified atom stereocenters. The fourth-order valence-corrected chi connectivity index (χ4v) is 1.97. The summed E-state index contributed by atoms with van der Waals surface area (Å²) in [7, 11) is 0. The summed E-state index contributed by atoms with van der Waals surface area (Å²) in [5.41, 5.74) is 0.827. The van der Waals surface area contributed by atoms with Crippen molar-refractivity contribution in [2.45, 2.75) is 13.5 Å². The number of hydrogen-bond acceptors (Lipinski definition) is 6. The predicted molar refractivity (Wildman–Crippen MR) is 64.4 cm³/mol. The van der Waals surface area contributed by atoms with E-state index in [0.29, 0.717) is 5.13 Å². The molecular weight excluding hydrogens is 258 g/mol. The highest BCUT2D eigenvalue weighted by atomic mass is 32.1. The average Bonchev–Trinajstić information content (AvgIpc) is 2.88. The molecule has 0 spiro atoms. The highest BCUT2D eigenvalue weighted by Gasteiger charge is 2.12. The van der Waals surface area contributed by atoms with Crippen LogP contribution in [-0.2, 0) is 11.3 Å². The molecule has 0 aliphatic heterocycles. The first-order chi connectivity index (χ1) is 8.54. The van der Waals surface area contributed by atoms with E-state index >= 15 is 0 Å². The SMILES string of the molecule is Cc1csc(NC(=O)Cn2cnc([N+](=O)[O-])c2)n1. The highest BCUT2D eigenvalue weighted by Crippen LogP contribution is 2.14. The van der Waals surface area contributed by atoms with Gasteiger partial charge in [-0.05, 0) is 16.8 Å². The first-order valence-electron chi connectivity index (χ1n) is 4.93. The molecule has 0 saturated carbocycles. The molecule has 0 fully saturated rings. The summed E-state index contributed by atoms with van der Waals surface area (Å²) in [4.78, 5) is 29.0. The molecule has 1 amide bonds. The molecule has 0 saturated heterocycles. The van der Waals surface area contributed by atoms with Gasteiger partial charge in [0.1, 0.15) is 12.7 Å². The summed E-state index contributed by atoms with van der Waals surface area (Å²) < 4.78 is 1.34. The maximum absolute atomic E-state index is 11.6. The van der Waals surface area contributed by atoms with Crippen LogP contribution >= 0.6 is 11.3 Å². The van der Waals surface area contributed by atoms with Crippen LogP contribution in [0.3, 0.4) is 0 Å². The Hall–Kier alpha value is -2.29. The van der Waals surface area contributed by atoms with Crippen molar-refractivity contribution in [3.05, 3.63) is 33.7 Å². The zero-order chi connectivity index (χ0) is 13.1. The summed E-state index contributed by atoms with van der Waals surface area (Å²) in [6, 6.07) is 0.